The highest BCUT2D eigenvalue weighted by Crippen LogP contribution is 2.16. The Morgan fingerprint density at radius 1 is 1.12 bits per heavy atom. The second-order valence-corrected chi connectivity index (χ2v) is 5.95. The van der Waals surface area contributed by atoms with Gasteiger partial charge < -0.3 is 4.90 Å². The lowest BCUT2D eigenvalue weighted by molar-refractivity contribution is -0.917. The van der Waals surface area contributed by atoms with E-state index in [2.05, 4.69) is 10.4 Å². The molecule has 0 saturated heterocycles. The van der Waals surface area contributed by atoms with Crippen molar-refractivity contribution in [3.05, 3.63) is 75.4 Å². The minimum atomic E-state index is -0.360. The first-order valence-corrected chi connectivity index (χ1v) is 7.76. The van der Waals surface area contributed by atoms with Crippen molar-refractivity contribution in [1.82, 2.24) is 19.8 Å². The third kappa shape index (κ3) is 3.52. The molecule has 0 spiro atoms. The molecule has 1 heterocycles. The Kier molecular flexibility index (Phi) is 4.73. The normalized spacial score (nSPS) is 12.3. The number of quaternary nitrogens is 1. The largest absolute Gasteiger partial charge is 0.373 e. The highest BCUT2D eigenvalue weighted by atomic mass is 35.5. The molecule has 124 valence electrons. The number of hydrogen-bond donors (Lipinski definition) is 1. The molecular formula is C16H16ClFN5O+. The summed E-state index contributed by atoms with van der Waals surface area (Å²) < 4.78 is 15.4. The molecule has 0 aliphatic carbocycles. The fraction of sp³-hybridized carbons (Fsp3) is 0.188. The molecule has 0 fully saturated rings. The van der Waals surface area contributed by atoms with Crippen molar-refractivity contribution in [1.29, 1.82) is 0 Å². The summed E-state index contributed by atoms with van der Waals surface area (Å²) in [6.07, 6.45) is 0. The smallest absolute Gasteiger partial charge is 0.315 e. The van der Waals surface area contributed by atoms with Crippen molar-refractivity contribution in [2.24, 2.45) is 0 Å². The average Bonchev–Trinajstić information content (AvgIpc) is 2.91. The summed E-state index contributed by atoms with van der Waals surface area (Å²) in [4.78, 5) is 13.4. The van der Waals surface area contributed by atoms with Gasteiger partial charge in [-0.1, -0.05) is 35.9 Å². The van der Waals surface area contributed by atoms with Gasteiger partial charge in [-0.05, 0) is 34.7 Å². The first-order valence-electron chi connectivity index (χ1n) is 7.38. The van der Waals surface area contributed by atoms with Crippen LogP contribution in [0, 0.1) is 5.82 Å². The summed E-state index contributed by atoms with van der Waals surface area (Å²) >= 11 is 6.09. The van der Waals surface area contributed by atoms with Gasteiger partial charge in [-0.15, -0.1) is 4.68 Å². The molecule has 0 radical (unpaired) electrons. The predicted molar refractivity (Wildman–Crippen MR) is 87.6 cm³/mol. The lowest BCUT2D eigenvalue weighted by Gasteiger charge is -2.12. The number of benzene rings is 2. The third-order valence-corrected chi connectivity index (χ3v) is 3.88. The molecule has 1 N–H and O–H groups in total. The Bertz CT molecular complexity index is 890. The molecule has 8 heteroatoms. The number of tetrazole rings is 1. The van der Waals surface area contributed by atoms with E-state index in [1.54, 1.807) is 36.4 Å². The lowest BCUT2D eigenvalue weighted by atomic mass is 10.2. The number of hydrogen-bond acceptors (Lipinski definition) is 3. The zero-order chi connectivity index (χ0) is 17.1. The molecule has 0 amide bonds. The number of rotatable bonds is 5. The molecule has 0 aliphatic heterocycles. The van der Waals surface area contributed by atoms with Crippen LogP contribution in [0.4, 0.5) is 4.39 Å². The summed E-state index contributed by atoms with van der Waals surface area (Å²) in [5, 5.41) is 8.22. The van der Waals surface area contributed by atoms with E-state index in [0.29, 0.717) is 23.9 Å². The van der Waals surface area contributed by atoms with Crippen molar-refractivity contribution >= 4 is 11.6 Å². The van der Waals surface area contributed by atoms with Gasteiger partial charge in [0.1, 0.15) is 12.4 Å². The molecule has 0 aliphatic rings. The predicted octanol–water partition coefficient (Wildman–Crippen LogP) is 0.894. The van der Waals surface area contributed by atoms with Gasteiger partial charge in [0.05, 0.1) is 17.8 Å². The van der Waals surface area contributed by atoms with Crippen LogP contribution in [-0.4, -0.2) is 26.8 Å². The molecule has 24 heavy (non-hydrogen) atoms. The summed E-state index contributed by atoms with van der Waals surface area (Å²) in [6.45, 7) is 0.965. The van der Waals surface area contributed by atoms with E-state index in [4.69, 9.17) is 11.6 Å². The van der Waals surface area contributed by atoms with E-state index in [-0.39, 0.29) is 11.5 Å². The van der Waals surface area contributed by atoms with Crippen LogP contribution in [-0.2, 0) is 13.2 Å². The molecule has 6 nitrogen and oxygen atoms in total. The van der Waals surface area contributed by atoms with Crippen LogP contribution in [0.15, 0.2) is 53.3 Å². The lowest BCUT2D eigenvalue weighted by Crippen LogP contribution is -3.07. The molecule has 3 rings (SSSR count). The maximum absolute atomic E-state index is 12.9. The standard InChI is InChI=1S/C16H15ClFN5O/c1-21(10-12-6-8-13(18)9-7-12)11-22-16(24)23(20-19-22)15-5-3-2-4-14(15)17/h2-9H,10-11H2,1H3/p+1. The van der Waals surface area contributed by atoms with Gasteiger partial charge in [0.15, 0.2) is 6.67 Å². The van der Waals surface area contributed by atoms with Crippen LogP contribution in [0.2, 0.25) is 5.02 Å². The number of nitrogens with one attached hydrogen (secondary N) is 1. The fourth-order valence-electron chi connectivity index (χ4n) is 2.41. The summed E-state index contributed by atoms with van der Waals surface area (Å²) in [6, 6.07) is 13.2. The first kappa shape index (κ1) is 16.4. The Morgan fingerprint density at radius 2 is 1.83 bits per heavy atom. The molecule has 1 atom stereocenters. The monoisotopic (exact) mass is 348 g/mol. The van der Waals surface area contributed by atoms with Gasteiger partial charge >= 0.3 is 5.69 Å². The van der Waals surface area contributed by atoms with Crippen molar-refractivity contribution in [2.75, 3.05) is 7.05 Å². The van der Waals surface area contributed by atoms with Crippen LogP contribution < -0.4 is 10.6 Å². The number of halogens is 2. The Balaban J connectivity index is 1.75. The second kappa shape index (κ2) is 6.94. The highest BCUT2D eigenvalue weighted by molar-refractivity contribution is 6.32. The van der Waals surface area contributed by atoms with E-state index >= 15 is 0 Å². The minimum Gasteiger partial charge on any atom is -0.315 e. The van der Waals surface area contributed by atoms with E-state index < -0.39 is 0 Å². The molecular weight excluding hydrogens is 333 g/mol. The highest BCUT2D eigenvalue weighted by Gasteiger charge is 2.14. The number of nitrogens with zero attached hydrogens (tertiary/aromatic N) is 4. The number of aromatic nitrogens is 4. The van der Waals surface area contributed by atoms with Gasteiger partial charge in [0.2, 0.25) is 0 Å². The van der Waals surface area contributed by atoms with Crippen LogP contribution in [0.5, 0.6) is 0 Å². The zero-order valence-electron chi connectivity index (χ0n) is 13.0. The summed E-state index contributed by atoms with van der Waals surface area (Å²) in [5.74, 6) is -0.268. The summed E-state index contributed by atoms with van der Waals surface area (Å²) in [7, 11) is 1.92. The van der Waals surface area contributed by atoms with Crippen LogP contribution >= 0.6 is 11.6 Å². The maximum Gasteiger partial charge on any atom is 0.373 e. The van der Waals surface area contributed by atoms with Crippen LogP contribution in [0.25, 0.3) is 5.69 Å². The molecule has 2 aromatic carbocycles. The van der Waals surface area contributed by atoms with E-state index in [1.165, 1.54) is 21.5 Å². The zero-order valence-corrected chi connectivity index (χ0v) is 13.7. The van der Waals surface area contributed by atoms with Crippen molar-refractivity contribution in [2.45, 2.75) is 13.2 Å². The quantitative estimate of drug-likeness (QED) is 0.745. The SMILES string of the molecule is C[NH+](Cc1ccc(F)cc1)Cn1nnn(-c2ccccc2Cl)c1=O. The topological polar surface area (TPSA) is 57.2 Å². The van der Waals surface area contributed by atoms with Gasteiger partial charge in [0, 0.05) is 5.56 Å². The van der Waals surface area contributed by atoms with Gasteiger partial charge in [-0.2, -0.15) is 4.68 Å². The van der Waals surface area contributed by atoms with E-state index in [1.807, 2.05) is 7.05 Å². The Hall–Kier alpha value is -2.51. The molecule has 0 saturated carbocycles. The molecule has 3 aromatic rings. The van der Waals surface area contributed by atoms with E-state index in [0.717, 1.165) is 10.5 Å². The second-order valence-electron chi connectivity index (χ2n) is 5.54. The Labute approximate surface area is 142 Å². The minimum absolute atomic E-state index is 0.268. The third-order valence-electron chi connectivity index (χ3n) is 3.56. The van der Waals surface area contributed by atoms with Gasteiger partial charge in [-0.3, -0.25) is 0 Å². The Morgan fingerprint density at radius 3 is 2.54 bits per heavy atom. The van der Waals surface area contributed by atoms with Crippen LogP contribution in [0.1, 0.15) is 5.56 Å². The van der Waals surface area contributed by atoms with Gasteiger partial charge in [0.25, 0.3) is 0 Å². The van der Waals surface area contributed by atoms with Gasteiger partial charge in [-0.25, -0.2) is 9.18 Å². The summed E-state index contributed by atoms with van der Waals surface area (Å²) in [5.41, 5.74) is 1.11. The maximum atomic E-state index is 12.9. The van der Waals surface area contributed by atoms with E-state index in [9.17, 15) is 9.18 Å². The molecule has 1 unspecified atom stereocenters. The first-order chi connectivity index (χ1) is 11.5. The molecule has 1 aromatic heterocycles. The van der Waals surface area contributed by atoms with Crippen molar-refractivity contribution in [3.8, 4) is 5.69 Å². The van der Waals surface area contributed by atoms with Crippen molar-refractivity contribution in [3.63, 3.8) is 0 Å². The molecule has 0 bridgehead atoms. The number of para-hydroxylation sites is 1. The van der Waals surface area contributed by atoms with Crippen molar-refractivity contribution < 1.29 is 9.29 Å². The fourth-order valence-corrected chi connectivity index (χ4v) is 2.63. The average molecular weight is 349 g/mol. The van der Waals surface area contributed by atoms with Crippen LogP contribution in [0.3, 0.4) is 0 Å².